The molecule has 0 aliphatic heterocycles. The van der Waals surface area contributed by atoms with Crippen LogP contribution in [0, 0.1) is 5.41 Å². The molecule has 0 saturated carbocycles. The highest BCUT2D eigenvalue weighted by Gasteiger charge is 2.35. The van der Waals surface area contributed by atoms with Crippen LogP contribution in [-0.2, 0) is 0 Å². The van der Waals surface area contributed by atoms with Crippen LogP contribution in [0.25, 0.3) is 0 Å². The van der Waals surface area contributed by atoms with Crippen molar-refractivity contribution in [2.75, 3.05) is 0 Å². The summed E-state index contributed by atoms with van der Waals surface area (Å²) in [5.41, 5.74) is 0.0313. The van der Waals surface area contributed by atoms with Crippen molar-refractivity contribution in [3.8, 4) is 0 Å². The van der Waals surface area contributed by atoms with Crippen LogP contribution >= 0.6 is 0 Å². The second kappa shape index (κ2) is 6.49. The summed E-state index contributed by atoms with van der Waals surface area (Å²) in [6.45, 7) is 19.1. The fourth-order valence-corrected chi connectivity index (χ4v) is 1.66. The van der Waals surface area contributed by atoms with Crippen molar-refractivity contribution in [2.45, 2.75) is 85.2 Å². The van der Waals surface area contributed by atoms with Gasteiger partial charge in [0.25, 0.3) is 0 Å². The molecule has 0 heterocycles. The van der Waals surface area contributed by atoms with Crippen molar-refractivity contribution in [3.63, 3.8) is 0 Å². The third-order valence-corrected chi connectivity index (χ3v) is 4.24. The van der Waals surface area contributed by atoms with Gasteiger partial charge in [0.2, 0.25) is 0 Å². The lowest BCUT2D eigenvalue weighted by Crippen LogP contribution is -2.37. The second-order valence-corrected chi connectivity index (χ2v) is 7.03. The topological polar surface area (TPSA) is 24.7 Å². The Morgan fingerprint density at radius 1 is 1.06 bits per heavy atom. The highest BCUT2D eigenvalue weighted by atomic mass is 14.9. The molecule has 0 radical (unpaired) electrons. The Bertz CT molecular complexity index is 285. The number of rotatable bonds is 8. The molecule has 0 bridgehead atoms. The molecule has 0 unspecified atom stereocenters. The van der Waals surface area contributed by atoms with E-state index in [1.807, 2.05) is 0 Å². The van der Waals surface area contributed by atoms with Gasteiger partial charge in [-0.15, -0.1) is 0 Å². The normalized spacial score (nSPS) is 14.2. The van der Waals surface area contributed by atoms with Gasteiger partial charge in [0.1, 0.15) is 0 Å². The molecule has 106 valence electrons. The maximum atomic E-state index is 4.74. The quantitative estimate of drug-likeness (QED) is 0.548. The zero-order valence-corrected chi connectivity index (χ0v) is 13.5. The number of aliphatic imine (C=N–C) groups is 2. The van der Waals surface area contributed by atoms with Gasteiger partial charge in [0.15, 0.2) is 0 Å². The summed E-state index contributed by atoms with van der Waals surface area (Å²) in [5, 5.41) is 0. The first kappa shape index (κ1) is 17.3. The second-order valence-electron chi connectivity index (χ2n) is 7.03. The molecule has 0 aliphatic carbocycles. The van der Waals surface area contributed by atoms with Gasteiger partial charge in [0, 0.05) is 0 Å². The molecule has 18 heavy (non-hydrogen) atoms. The van der Waals surface area contributed by atoms with E-state index in [1.165, 1.54) is 12.8 Å². The minimum absolute atomic E-state index is 0.0673. The molecule has 2 nitrogen and oxygen atoms in total. The van der Waals surface area contributed by atoms with E-state index >= 15 is 0 Å². The summed E-state index contributed by atoms with van der Waals surface area (Å²) in [5.74, 6) is 0. The van der Waals surface area contributed by atoms with Crippen molar-refractivity contribution < 1.29 is 0 Å². The van der Waals surface area contributed by atoms with Crippen LogP contribution in [-0.4, -0.2) is 24.0 Å². The van der Waals surface area contributed by atoms with Gasteiger partial charge < -0.3 is 0 Å². The highest BCUT2D eigenvalue weighted by Crippen LogP contribution is 2.36. The van der Waals surface area contributed by atoms with Gasteiger partial charge in [-0.1, -0.05) is 33.6 Å². The maximum absolute atomic E-state index is 4.74. The molecule has 2 heteroatoms. The Balaban J connectivity index is 4.52. The zero-order chi connectivity index (χ0) is 14.4. The average molecular weight is 252 g/mol. The standard InChI is InChI=1S/C16H32N2/c1-9-10-11-15(4,5)18-13-12-14(2,3)16(6,7)17-8/h13H,8-12H2,1-7H3. The number of nitrogens with zero attached hydrogens (tertiary/aromatic N) is 2. The highest BCUT2D eigenvalue weighted by molar-refractivity contribution is 5.59. The van der Waals surface area contributed by atoms with Crippen LogP contribution in [0.1, 0.15) is 74.1 Å². The molecule has 0 fully saturated rings. The Morgan fingerprint density at radius 2 is 1.61 bits per heavy atom. The van der Waals surface area contributed by atoms with Crippen LogP contribution in [0.2, 0.25) is 0 Å². The van der Waals surface area contributed by atoms with Crippen LogP contribution in [0.15, 0.2) is 9.98 Å². The van der Waals surface area contributed by atoms with Crippen LogP contribution in [0.3, 0.4) is 0 Å². The van der Waals surface area contributed by atoms with Crippen LogP contribution in [0.5, 0.6) is 0 Å². The first-order chi connectivity index (χ1) is 8.08. The maximum Gasteiger partial charge on any atom is 0.0599 e. The molecule has 0 rings (SSSR count). The first-order valence-corrected chi connectivity index (χ1v) is 7.09. The molecule has 0 aromatic rings. The number of hydrogen-bond donors (Lipinski definition) is 0. The van der Waals surface area contributed by atoms with Crippen LogP contribution < -0.4 is 0 Å². The predicted molar refractivity (Wildman–Crippen MR) is 84.1 cm³/mol. The van der Waals surface area contributed by atoms with Crippen molar-refractivity contribution in [3.05, 3.63) is 0 Å². The third kappa shape index (κ3) is 5.32. The zero-order valence-electron chi connectivity index (χ0n) is 13.5. The van der Waals surface area contributed by atoms with Crippen molar-refractivity contribution >= 4 is 12.9 Å². The van der Waals surface area contributed by atoms with E-state index in [1.54, 1.807) is 0 Å². The molecule has 0 saturated heterocycles. The lowest BCUT2D eigenvalue weighted by molar-refractivity contribution is 0.217. The third-order valence-electron chi connectivity index (χ3n) is 4.24. The first-order valence-electron chi connectivity index (χ1n) is 7.09. The smallest absolute Gasteiger partial charge is 0.0599 e. The van der Waals surface area contributed by atoms with E-state index in [0.29, 0.717) is 0 Å². The molecule has 0 amide bonds. The summed E-state index contributed by atoms with van der Waals surface area (Å²) >= 11 is 0. The van der Waals surface area contributed by atoms with E-state index in [-0.39, 0.29) is 16.5 Å². The molecular weight excluding hydrogens is 220 g/mol. The van der Waals surface area contributed by atoms with Gasteiger partial charge in [-0.3, -0.25) is 9.98 Å². The summed E-state index contributed by atoms with van der Waals surface area (Å²) in [4.78, 5) is 8.98. The van der Waals surface area contributed by atoms with Gasteiger partial charge in [0.05, 0.1) is 11.1 Å². The van der Waals surface area contributed by atoms with E-state index < -0.39 is 0 Å². The predicted octanol–water partition coefficient (Wildman–Crippen LogP) is 4.92. The fourth-order valence-electron chi connectivity index (χ4n) is 1.66. The summed E-state index contributed by atoms with van der Waals surface area (Å²) in [7, 11) is 0. The van der Waals surface area contributed by atoms with Crippen LogP contribution in [0.4, 0.5) is 0 Å². The van der Waals surface area contributed by atoms with E-state index in [9.17, 15) is 0 Å². The molecule has 0 N–H and O–H groups in total. The van der Waals surface area contributed by atoms with Crippen molar-refractivity contribution in [1.29, 1.82) is 0 Å². The molecular formula is C16H32N2. The lowest BCUT2D eigenvalue weighted by Gasteiger charge is -2.37. The minimum atomic E-state index is -0.118. The van der Waals surface area contributed by atoms with E-state index in [2.05, 4.69) is 66.4 Å². The minimum Gasteiger partial charge on any atom is -0.294 e. The van der Waals surface area contributed by atoms with Crippen molar-refractivity contribution in [1.82, 2.24) is 0 Å². The number of unbranched alkanes of at least 4 members (excludes halogenated alkanes) is 1. The molecule has 0 aromatic heterocycles. The van der Waals surface area contributed by atoms with Gasteiger partial charge in [-0.2, -0.15) is 0 Å². The van der Waals surface area contributed by atoms with E-state index in [0.717, 1.165) is 12.8 Å². The molecule has 0 aromatic carbocycles. The monoisotopic (exact) mass is 252 g/mol. The van der Waals surface area contributed by atoms with Gasteiger partial charge >= 0.3 is 0 Å². The molecule has 0 spiro atoms. The average Bonchev–Trinajstić information content (AvgIpc) is 2.25. The largest absolute Gasteiger partial charge is 0.294 e. The molecule has 0 aliphatic rings. The SMILES string of the molecule is C=NC(C)(C)C(C)(C)CC=NC(C)(C)CCCC. The Labute approximate surface area is 114 Å². The Kier molecular flexibility index (Phi) is 6.25. The molecule has 0 atom stereocenters. The van der Waals surface area contributed by atoms with Crippen molar-refractivity contribution in [2.24, 2.45) is 15.4 Å². The van der Waals surface area contributed by atoms with E-state index in [4.69, 9.17) is 4.99 Å². The fraction of sp³-hybridized carbons (Fsp3) is 0.875. The number of hydrogen-bond acceptors (Lipinski definition) is 2. The van der Waals surface area contributed by atoms with Gasteiger partial charge in [-0.05, 0) is 58.9 Å². The van der Waals surface area contributed by atoms with Gasteiger partial charge in [-0.25, -0.2) is 0 Å². The Morgan fingerprint density at radius 3 is 2.06 bits per heavy atom. The lowest BCUT2D eigenvalue weighted by atomic mass is 9.73. The Hall–Kier alpha value is -0.660. The summed E-state index contributed by atoms with van der Waals surface area (Å²) in [6.07, 6.45) is 6.66. The summed E-state index contributed by atoms with van der Waals surface area (Å²) < 4.78 is 0. The summed E-state index contributed by atoms with van der Waals surface area (Å²) in [6, 6.07) is 0.